The summed E-state index contributed by atoms with van der Waals surface area (Å²) in [7, 11) is 0. The van der Waals surface area contributed by atoms with Crippen LogP contribution in [0, 0.1) is 0 Å². The van der Waals surface area contributed by atoms with Crippen LogP contribution in [0.5, 0.6) is 0 Å². The third-order valence-electron chi connectivity index (χ3n) is 4.11. The molecule has 0 radical (unpaired) electrons. The Balaban J connectivity index is 3.77. The lowest BCUT2D eigenvalue weighted by atomic mass is 10.1. The predicted octanol–water partition coefficient (Wildman–Crippen LogP) is 5.63. The molecule has 0 bridgehead atoms. The lowest BCUT2D eigenvalue weighted by molar-refractivity contribution is -0.148. The van der Waals surface area contributed by atoms with Crippen molar-refractivity contribution in [1.82, 2.24) is 0 Å². The fraction of sp³-hybridized carbons (Fsp3) is 0.950. The SMILES string of the molecule is CCCCOC(CCCCCCC(CC)OC(C)=O)OCCCC. The van der Waals surface area contributed by atoms with Crippen molar-refractivity contribution in [2.75, 3.05) is 13.2 Å². The van der Waals surface area contributed by atoms with E-state index in [2.05, 4.69) is 20.8 Å². The lowest BCUT2D eigenvalue weighted by Crippen LogP contribution is -2.19. The van der Waals surface area contributed by atoms with Gasteiger partial charge in [0.25, 0.3) is 0 Å². The molecular weight excluding hydrogens is 304 g/mol. The van der Waals surface area contributed by atoms with Crippen LogP contribution < -0.4 is 0 Å². The molecule has 0 N–H and O–H groups in total. The molecule has 4 nitrogen and oxygen atoms in total. The van der Waals surface area contributed by atoms with Gasteiger partial charge in [-0.05, 0) is 44.9 Å². The molecule has 0 rings (SSSR count). The van der Waals surface area contributed by atoms with Gasteiger partial charge in [0.15, 0.2) is 6.29 Å². The molecular formula is C20H40O4. The van der Waals surface area contributed by atoms with Crippen LogP contribution in [0.4, 0.5) is 0 Å². The minimum Gasteiger partial charge on any atom is -0.463 e. The fourth-order valence-corrected chi connectivity index (χ4v) is 2.55. The highest BCUT2D eigenvalue weighted by molar-refractivity contribution is 5.66. The maximum absolute atomic E-state index is 11.0. The second kappa shape index (κ2) is 17.2. The molecule has 0 heterocycles. The van der Waals surface area contributed by atoms with Gasteiger partial charge in [0.2, 0.25) is 0 Å². The zero-order valence-electron chi connectivity index (χ0n) is 16.5. The summed E-state index contributed by atoms with van der Waals surface area (Å²) in [6.07, 6.45) is 12.0. The van der Waals surface area contributed by atoms with Crippen molar-refractivity contribution in [3.63, 3.8) is 0 Å². The summed E-state index contributed by atoms with van der Waals surface area (Å²) in [5.41, 5.74) is 0. The largest absolute Gasteiger partial charge is 0.463 e. The second-order valence-corrected chi connectivity index (χ2v) is 6.51. The van der Waals surface area contributed by atoms with Gasteiger partial charge in [0.05, 0.1) is 0 Å². The molecule has 1 unspecified atom stereocenters. The Bertz CT molecular complexity index is 271. The number of esters is 1. The first-order chi connectivity index (χ1) is 11.6. The van der Waals surface area contributed by atoms with Gasteiger partial charge in [-0.3, -0.25) is 4.79 Å². The Kier molecular flexibility index (Phi) is 16.8. The van der Waals surface area contributed by atoms with Crippen molar-refractivity contribution in [2.45, 2.75) is 111 Å². The first kappa shape index (κ1) is 23.4. The van der Waals surface area contributed by atoms with E-state index in [0.717, 1.165) is 71.0 Å². The Morgan fingerprint density at radius 1 is 0.792 bits per heavy atom. The zero-order chi connectivity index (χ0) is 18.0. The topological polar surface area (TPSA) is 44.8 Å². The van der Waals surface area contributed by atoms with Crippen molar-refractivity contribution < 1.29 is 19.0 Å². The third-order valence-corrected chi connectivity index (χ3v) is 4.11. The third kappa shape index (κ3) is 14.9. The summed E-state index contributed by atoms with van der Waals surface area (Å²) in [4.78, 5) is 11.0. The van der Waals surface area contributed by atoms with Crippen molar-refractivity contribution in [2.24, 2.45) is 0 Å². The minimum atomic E-state index is -0.168. The maximum Gasteiger partial charge on any atom is 0.302 e. The van der Waals surface area contributed by atoms with E-state index in [0.29, 0.717) is 0 Å². The molecule has 0 spiro atoms. The van der Waals surface area contributed by atoms with Crippen molar-refractivity contribution in [3.8, 4) is 0 Å². The predicted molar refractivity (Wildman–Crippen MR) is 99.1 cm³/mol. The molecule has 24 heavy (non-hydrogen) atoms. The van der Waals surface area contributed by atoms with E-state index in [-0.39, 0.29) is 18.4 Å². The van der Waals surface area contributed by atoms with Crippen molar-refractivity contribution in [1.29, 1.82) is 0 Å². The van der Waals surface area contributed by atoms with Crippen LogP contribution in [0.25, 0.3) is 0 Å². The Morgan fingerprint density at radius 2 is 1.33 bits per heavy atom. The molecule has 0 saturated heterocycles. The lowest BCUT2D eigenvalue weighted by Gasteiger charge is -2.19. The van der Waals surface area contributed by atoms with Crippen LogP contribution in [0.3, 0.4) is 0 Å². The summed E-state index contributed by atoms with van der Waals surface area (Å²) in [6, 6.07) is 0. The number of rotatable bonds is 17. The average Bonchev–Trinajstić information content (AvgIpc) is 2.56. The number of hydrogen-bond donors (Lipinski definition) is 0. The van der Waals surface area contributed by atoms with E-state index in [1.165, 1.54) is 19.8 Å². The second-order valence-electron chi connectivity index (χ2n) is 6.51. The smallest absolute Gasteiger partial charge is 0.302 e. The number of hydrogen-bond acceptors (Lipinski definition) is 4. The van der Waals surface area contributed by atoms with Crippen LogP contribution in [-0.2, 0) is 19.0 Å². The van der Waals surface area contributed by atoms with Gasteiger partial charge < -0.3 is 14.2 Å². The molecule has 0 aliphatic rings. The summed E-state index contributed by atoms with van der Waals surface area (Å²) < 4.78 is 17.0. The zero-order valence-corrected chi connectivity index (χ0v) is 16.5. The molecule has 0 aromatic heterocycles. The molecule has 0 fully saturated rings. The van der Waals surface area contributed by atoms with Crippen LogP contribution in [-0.4, -0.2) is 31.6 Å². The van der Waals surface area contributed by atoms with Crippen LogP contribution >= 0.6 is 0 Å². The van der Waals surface area contributed by atoms with Gasteiger partial charge in [-0.1, -0.05) is 46.5 Å². The molecule has 0 aromatic carbocycles. The van der Waals surface area contributed by atoms with Crippen molar-refractivity contribution >= 4 is 5.97 Å². The Hall–Kier alpha value is -0.610. The Labute approximate surface area is 149 Å². The standard InChI is InChI=1S/C20H40O4/c1-5-8-16-22-20(23-17-9-6-2)15-13-11-10-12-14-19(7-3)24-18(4)21/h19-20H,5-17H2,1-4H3. The van der Waals surface area contributed by atoms with Crippen LogP contribution in [0.1, 0.15) is 98.3 Å². The van der Waals surface area contributed by atoms with E-state index in [4.69, 9.17) is 14.2 Å². The van der Waals surface area contributed by atoms with Gasteiger partial charge in [-0.15, -0.1) is 0 Å². The maximum atomic E-state index is 11.0. The first-order valence-electron chi connectivity index (χ1n) is 10.0. The van der Waals surface area contributed by atoms with Gasteiger partial charge in [0, 0.05) is 20.1 Å². The van der Waals surface area contributed by atoms with E-state index in [9.17, 15) is 4.79 Å². The normalized spacial score (nSPS) is 12.5. The molecule has 0 aliphatic heterocycles. The molecule has 1 atom stereocenters. The summed E-state index contributed by atoms with van der Waals surface area (Å²) in [5, 5.41) is 0. The van der Waals surface area contributed by atoms with E-state index in [1.807, 2.05) is 0 Å². The van der Waals surface area contributed by atoms with Gasteiger partial charge >= 0.3 is 5.97 Å². The van der Waals surface area contributed by atoms with E-state index >= 15 is 0 Å². The highest BCUT2D eigenvalue weighted by atomic mass is 16.7. The van der Waals surface area contributed by atoms with Crippen LogP contribution in [0.15, 0.2) is 0 Å². The highest BCUT2D eigenvalue weighted by Crippen LogP contribution is 2.14. The molecule has 0 aromatic rings. The summed E-state index contributed by atoms with van der Waals surface area (Å²) in [6.45, 7) is 9.51. The van der Waals surface area contributed by atoms with Crippen LogP contribution in [0.2, 0.25) is 0 Å². The van der Waals surface area contributed by atoms with E-state index in [1.54, 1.807) is 0 Å². The molecule has 0 aliphatic carbocycles. The number of carbonyl (C=O) groups is 1. The number of carbonyl (C=O) groups excluding carboxylic acids is 1. The molecule has 144 valence electrons. The van der Waals surface area contributed by atoms with Gasteiger partial charge in [-0.25, -0.2) is 0 Å². The monoisotopic (exact) mass is 344 g/mol. The quantitative estimate of drug-likeness (QED) is 0.195. The summed E-state index contributed by atoms with van der Waals surface area (Å²) in [5.74, 6) is -0.168. The van der Waals surface area contributed by atoms with Gasteiger partial charge in [-0.2, -0.15) is 0 Å². The van der Waals surface area contributed by atoms with Crippen molar-refractivity contribution in [3.05, 3.63) is 0 Å². The molecule has 4 heteroatoms. The molecule has 0 saturated carbocycles. The Morgan fingerprint density at radius 3 is 1.79 bits per heavy atom. The average molecular weight is 345 g/mol. The van der Waals surface area contributed by atoms with E-state index < -0.39 is 0 Å². The number of ether oxygens (including phenoxy) is 3. The minimum absolute atomic E-state index is 0.0347. The number of unbranched alkanes of at least 4 members (excludes halogenated alkanes) is 5. The van der Waals surface area contributed by atoms with Gasteiger partial charge in [0.1, 0.15) is 6.10 Å². The molecule has 0 amide bonds. The highest BCUT2D eigenvalue weighted by Gasteiger charge is 2.10. The first-order valence-corrected chi connectivity index (χ1v) is 10.0. The summed E-state index contributed by atoms with van der Waals surface area (Å²) >= 11 is 0. The fourth-order valence-electron chi connectivity index (χ4n) is 2.55.